The van der Waals surface area contributed by atoms with Gasteiger partial charge < -0.3 is 30.0 Å². The van der Waals surface area contributed by atoms with Crippen molar-refractivity contribution in [2.75, 3.05) is 50.4 Å². The highest BCUT2D eigenvalue weighted by Crippen LogP contribution is 2.40. The number of fused-ring (bicyclic) bond motifs is 1. The van der Waals surface area contributed by atoms with Crippen LogP contribution in [0.3, 0.4) is 0 Å². The van der Waals surface area contributed by atoms with Gasteiger partial charge in [0.1, 0.15) is 11.4 Å². The van der Waals surface area contributed by atoms with Crippen molar-refractivity contribution in [3.63, 3.8) is 0 Å². The number of carbonyl (C=O) groups is 1. The molecule has 1 fully saturated rings. The Labute approximate surface area is 181 Å². The van der Waals surface area contributed by atoms with Crippen LogP contribution in [0.15, 0.2) is 23.4 Å². The van der Waals surface area contributed by atoms with Gasteiger partial charge in [0, 0.05) is 56.7 Å². The predicted molar refractivity (Wildman–Crippen MR) is 114 cm³/mol. The Morgan fingerprint density at radius 3 is 2.71 bits per heavy atom. The van der Waals surface area contributed by atoms with Crippen LogP contribution >= 0.6 is 0 Å². The van der Waals surface area contributed by atoms with Gasteiger partial charge in [-0.1, -0.05) is 5.16 Å². The standard InChI is InChI=1S/C19H28N4O7S/c1-31(27,28)22-14-2-3-17-15(12-14)16(21-26)13-19(30-17)4-7-23(8-5-19)9-11-29-10-6-20-18(24)25/h2-3,12,20,22,26H,4-11,13H2,1H3,(H,24,25). The fourth-order valence-electron chi connectivity index (χ4n) is 3.87. The number of hydrogen-bond donors (Lipinski definition) is 4. The van der Waals surface area contributed by atoms with Crippen LogP contribution < -0.4 is 14.8 Å². The Bertz CT molecular complexity index is 927. The maximum Gasteiger partial charge on any atom is 0.404 e. The molecule has 0 radical (unpaired) electrons. The van der Waals surface area contributed by atoms with Gasteiger partial charge in [0.25, 0.3) is 0 Å². The van der Waals surface area contributed by atoms with Gasteiger partial charge in [-0.15, -0.1) is 0 Å². The van der Waals surface area contributed by atoms with Crippen molar-refractivity contribution in [3.8, 4) is 5.75 Å². The number of oxime groups is 1. The SMILES string of the molecule is CS(=O)(=O)Nc1ccc2c(c1)C(=NO)CC1(CCN(CCOCCNC(=O)O)CC1)O2. The molecule has 3 rings (SSSR count). The van der Waals surface area contributed by atoms with Crippen LogP contribution in [0, 0.1) is 0 Å². The van der Waals surface area contributed by atoms with Crippen LogP contribution in [-0.4, -0.2) is 86.7 Å². The Balaban J connectivity index is 1.55. The molecule has 0 aromatic heterocycles. The van der Waals surface area contributed by atoms with Gasteiger partial charge in [-0.25, -0.2) is 13.2 Å². The summed E-state index contributed by atoms with van der Waals surface area (Å²) >= 11 is 0. The van der Waals surface area contributed by atoms with Crippen molar-refractivity contribution >= 4 is 27.5 Å². The van der Waals surface area contributed by atoms with Crippen molar-refractivity contribution in [3.05, 3.63) is 23.8 Å². The molecule has 1 spiro atoms. The molecule has 2 aliphatic heterocycles. The third-order valence-electron chi connectivity index (χ3n) is 5.37. The zero-order chi connectivity index (χ0) is 22.5. The van der Waals surface area contributed by atoms with Gasteiger partial charge in [-0.3, -0.25) is 4.72 Å². The van der Waals surface area contributed by atoms with Gasteiger partial charge in [0.15, 0.2) is 0 Å². The molecule has 1 aromatic rings. The third kappa shape index (κ3) is 6.45. The van der Waals surface area contributed by atoms with Crippen molar-refractivity contribution < 1.29 is 33.0 Å². The predicted octanol–water partition coefficient (Wildman–Crippen LogP) is 1.14. The molecule has 1 amide bonds. The van der Waals surface area contributed by atoms with E-state index in [1.54, 1.807) is 18.2 Å². The fourth-order valence-corrected chi connectivity index (χ4v) is 4.42. The first-order valence-corrected chi connectivity index (χ1v) is 11.9. The van der Waals surface area contributed by atoms with Crippen LogP contribution in [0.25, 0.3) is 0 Å². The molecule has 0 saturated carbocycles. The minimum atomic E-state index is -3.42. The number of rotatable bonds is 8. The number of ether oxygens (including phenoxy) is 2. The molecule has 172 valence electrons. The zero-order valence-corrected chi connectivity index (χ0v) is 18.2. The molecule has 2 aliphatic rings. The highest BCUT2D eigenvalue weighted by molar-refractivity contribution is 7.92. The van der Waals surface area contributed by atoms with E-state index in [4.69, 9.17) is 14.6 Å². The summed E-state index contributed by atoms with van der Waals surface area (Å²) in [7, 11) is -3.42. The van der Waals surface area contributed by atoms with E-state index in [1.807, 2.05) is 0 Å². The lowest BCUT2D eigenvalue weighted by Crippen LogP contribution is -2.51. The maximum atomic E-state index is 11.5. The van der Waals surface area contributed by atoms with Gasteiger partial charge in [0.2, 0.25) is 10.0 Å². The summed E-state index contributed by atoms with van der Waals surface area (Å²) < 4.78 is 37.2. The summed E-state index contributed by atoms with van der Waals surface area (Å²) in [5.41, 5.74) is 0.965. The molecule has 1 aromatic carbocycles. The molecule has 1 saturated heterocycles. The summed E-state index contributed by atoms with van der Waals surface area (Å²) in [5, 5.41) is 23.8. The van der Waals surface area contributed by atoms with E-state index < -0.39 is 21.7 Å². The minimum absolute atomic E-state index is 0.260. The molecule has 0 atom stereocenters. The molecular weight excluding hydrogens is 428 g/mol. The monoisotopic (exact) mass is 456 g/mol. The smallest absolute Gasteiger partial charge is 0.404 e. The van der Waals surface area contributed by atoms with Crippen LogP contribution in [-0.2, 0) is 14.8 Å². The summed E-state index contributed by atoms with van der Waals surface area (Å²) in [5.74, 6) is 0.570. The van der Waals surface area contributed by atoms with Crippen LogP contribution in [0.5, 0.6) is 5.75 Å². The molecule has 31 heavy (non-hydrogen) atoms. The number of nitrogens with one attached hydrogen (secondary N) is 2. The highest BCUT2D eigenvalue weighted by Gasteiger charge is 2.42. The number of anilines is 1. The first-order valence-electron chi connectivity index (χ1n) is 9.99. The van der Waals surface area contributed by atoms with E-state index in [9.17, 15) is 18.4 Å². The maximum absolute atomic E-state index is 11.5. The third-order valence-corrected chi connectivity index (χ3v) is 5.98. The van der Waals surface area contributed by atoms with E-state index in [0.29, 0.717) is 42.3 Å². The molecule has 4 N–H and O–H groups in total. The molecule has 11 nitrogen and oxygen atoms in total. The quantitative estimate of drug-likeness (QED) is 0.258. The second-order valence-corrected chi connectivity index (χ2v) is 9.53. The summed E-state index contributed by atoms with van der Waals surface area (Å²) in [6.07, 6.45) is 1.94. The average molecular weight is 457 g/mol. The Morgan fingerprint density at radius 1 is 1.32 bits per heavy atom. The van der Waals surface area contributed by atoms with E-state index in [1.165, 1.54) is 0 Å². The van der Waals surface area contributed by atoms with Gasteiger partial charge in [0.05, 0.1) is 25.2 Å². The highest BCUT2D eigenvalue weighted by atomic mass is 32.2. The Morgan fingerprint density at radius 2 is 2.06 bits per heavy atom. The lowest BCUT2D eigenvalue weighted by atomic mass is 9.82. The Kier molecular flexibility index (Phi) is 7.23. The summed E-state index contributed by atoms with van der Waals surface area (Å²) in [6.45, 7) is 3.42. The zero-order valence-electron chi connectivity index (χ0n) is 17.3. The molecule has 2 heterocycles. The summed E-state index contributed by atoms with van der Waals surface area (Å²) in [4.78, 5) is 12.6. The van der Waals surface area contributed by atoms with Crippen molar-refractivity contribution in [2.24, 2.45) is 5.16 Å². The number of likely N-dealkylation sites (tertiary alicyclic amines) is 1. The molecule has 0 aliphatic carbocycles. The number of amides is 1. The van der Waals surface area contributed by atoms with Gasteiger partial charge >= 0.3 is 6.09 Å². The first-order chi connectivity index (χ1) is 14.7. The number of sulfonamides is 1. The molecule has 12 heteroatoms. The number of nitrogens with zero attached hydrogens (tertiary/aromatic N) is 2. The van der Waals surface area contributed by atoms with E-state index in [2.05, 4.69) is 20.1 Å². The molecular formula is C19H28N4O7S. The van der Waals surface area contributed by atoms with Crippen LogP contribution in [0.1, 0.15) is 24.8 Å². The average Bonchev–Trinajstić information content (AvgIpc) is 2.70. The van der Waals surface area contributed by atoms with Gasteiger partial charge in [-0.05, 0) is 18.2 Å². The van der Waals surface area contributed by atoms with Gasteiger partial charge in [-0.2, -0.15) is 0 Å². The van der Waals surface area contributed by atoms with Crippen molar-refractivity contribution in [2.45, 2.75) is 24.9 Å². The summed E-state index contributed by atoms with van der Waals surface area (Å²) in [6, 6.07) is 4.93. The molecule has 0 bridgehead atoms. The van der Waals surface area contributed by atoms with Crippen LogP contribution in [0.2, 0.25) is 0 Å². The lowest BCUT2D eigenvalue weighted by Gasteiger charge is -2.44. The second kappa shape index (κ2) is 9.71. The van der Waals surface area contributed by atoms with E-state index in [0.717, 1.165) is 38.7 Å². The number of benzene rings is 1. The largest absolute Gasteiger partial charge is 0.486 e. The topological polar surface area (TPSA) is 150 Å². The number of hydrogen-bond acceptors (Lipinski definition) is 8. The lowest BCUT2D eigenvalue weighted by molar-refractivity contribution is -0.00501. The number of carboxylic acid groups (broad SMARTS) is 1. The first kappa shape index (κ1) is 23.1. The van der Waals surface area contributed by atoms with Crippen molar-refractivity contribution in [1.82, 2.24) is 10.2 Å². The van der Waals surface area contributed by atoms with E-state index >= 15 is 0 Å². The Hall–Kier alpha value is -2.57. The van der Waals surface area contributed by atoms with Crippen LogP contribution in [0.4, 0.5) is 10.5 Å². The van der Waals surface area contributed by atoms with E-state index in [-0.39, 0.29) is 6.54 Å². The molecule has 0 unspecified atom stereocenters. The minimum Gasteiger partial charge on any atom is -0.486 e. The normalized spacial score (nSPS) is 19.6. The fraction of sp³-hybridized carbons (Fsp3) is 0.579. The van der Waals surface area contributed by atoms with Crippen molar-refractivity contribution in [1.29, 1.82) is 0 Å². The number of piperidine rings is 1. The second-order valence-electron chi connectivity index (χ2n) is 7.78.